The number of imidazole rings is 1. The van der Waals surface area contributed by atoms with Crippen LogP contribution in [0.4, 0.5) is 0 Å². The predicted molar refractivity (Wildman–Crippen MR) is 108 cm³/mol. The minimum Gasteiger partial charge on any atom is -0.324 e. The fourth-order valence-corrected chi connectivity index (χ4v) is 3.44. The Labute approximate surface area is 156 Å². The highest BCUT2D eigenvalue weighted by molar-refractivity contribution is 9.10. The van der Waals surface area contributed by atoms with Gasteiger partial charge in [-0.2, -0.15) is 0 Å². The standard InChI is InChI=1S/C22H19BrN2/c1-16-7-12-21-20(15-16)24-22(18-8-10-19(23)11-9-18)25(21)14-13-17-5-3-2-4-6-17/h2-12,15H,13-14H2,1H3. The van der Waals surface area contributed by atoms with E-state index >= 15 is 0 Å². The Hall–Kier alpha value is -2.39. The minimum atomic E-state index is 0.912. The maximum absolute atomic E-state index is 4.93. The molecule has 0 amide bonds. The Balaban J connectivity index is 1.79. The number of halogens is 1. The summed E-state index contributed by atoms with van der Waals surface area (Å²) in [5.41, 5.74) is 5.98. The van der Waals surface area contributed by atoms with Crippen molar-refractivity contribution in [1.29, 1.82) is 0 Å². The number of fused-ring (bicyclic) bond motifs is 1. The first-order valence-electron chi connectivity index (χ1n) is 8.47. The molecule has 1 heterocycles. The molecule has 3 heteroatoms. The second-order valence-electron chi connectivity index (χ2n) is 6.32. The largest absolute Gasteiger partial charge is 0.324 e. The van der Waals surface area contributed by atoms with Crippen molar-refractivity contribution in [3.05, 3.63) is 88.4 Å². The van der Waals surface area contributed by atoms with Crippen LogP contribution >= 0.6 is 15.9 Å². The molecule has 0 saturated carbocycles. The van der Waals surface area contributed by atoms with E-state index in [0.29, 0.717) is 0 Å². The summed E-state index contributed by atoms with van der Waals surface area (Å²) in [6, 6.07) is 25.5. The van der Waals surface area contributed by atoms with Gasteiger partial charge >= 0.3 is 0 Å². The van der Waals surface area contributed by atoms with E-state index in [0.717, 1.165) is 34.3 Å². The molecule has 0 N–H and O–H groups in total. The van der Waals surface area contributed by atoms with Gasteiger partial charge in [-0.05, 0) is 48.7 Å². The molecule has 0 aliphatic rings. The number of hydrogen-bond acceptors (Lipinski definition) is 1. The summed E-state index contributed by atoms with van der Waals surface area (Å²) in [5.74, 6) is 1.03. The first-order valence-corrected chi connectivity index (χ1v) is 9.27. The Morgan fingerprint density at radius 3 is 2.44 bits per heavy atom. The van der Waals surface area contributed by atoms with Gasteiger partial charge in [0.1, 0.15) is 5.82 Å². The Morgan fingerprint density at radius 2 is 1.68 bits per heavy atom. The van der Waals surface area contributed by atoms with Gasteiger partial charge in [-0.1, -0.05) is 64.5 Å². The molecular weight excluding hydrogens is 372 g/mol. The molecule has 1 aromatic heterocycles. The maximum atomic E-state index is 4.93. The van der Waals surface area contributed by atoms with E-state index in [-0.39, 0.29) is 0 Å². The average Bonchev–Trinajstić information content (AvgIpc) is 2.99. The third kappa shape index (κ3) is 3.38. The van der Waals surface area contributed by atoms with Gasteiger partial charge in [0.2, 0.25) is 0 Å². The highest BCUT2D eigenvalue weighted by Gasteiger charge is 2.13. The SMILES string of the molecule is Cc1ccc2c(c1)nc(-c1ccc(Br)cc1)n2CCc1ccccc1. The third-order valence-corrected chi connectivity index (χ3v) is 5.00. The van der Waals surface area contributed by atoms with Crippen LogP contribution in [0.1, 0.15) is 11.1 Å². The van der Waals surface area contributed by atoms with Gasteiger partial charge in [-0.25, -0.2) is 4.98 Å². The van der Waals surface area contributed by atoms with Gasteiger partial charge in [-0.15, -0.1) is 0 Å². The van der Waals surface area contributed by atoms with Crippen LogP contribution in [0, 0.1) is 6.92 Å². The van der Waals surface area contributed by atoms with E-state index < -0.39 is 0 Å². The average molecular weight is 391 g/mol. The van der Waals surface area contributed by atoms with E-state index in [2.05, 4.69) is 100 Å². The summed E-state index contributed by atoms with van der Waals surface area (Å²) in [7, 11) is 0. The molecule has 0 fully saturated rings. The van der Waals surface area contributed by atoms with Gasteiger partial charge in [0.25, 0.3) is 0 Å². The predicted octanol–water partition coefficient (Wildman–Crippen LogP) is 6.02. The third-order valence-electron chi connectivity index (χ3n) is 4.47. The second-order valence-corrected chi connectivity index (χ2v) is 7.24. The fraction of sp³-hybridized carbons (Fsp3) is 0.136. The van der Waals surface area contributed by atoms with E-state index in [1.54, 1.807) is 0 Å². The summed E-state index contributed by atoms with van der Waals surface area (Å²) < 4.78 is 3.42. The molecular formula is C22H19BrN2. The first kappa shape index (κ1) is 16.1. The zero-order valence-electron chi connectivity index (χ0n) is 14.1. The van der Waals surface area contributed by atoms with Gasteiger partial charge in [0.15, 0.2) is 0 Å². The van der Waals surface area contributed by atoms with Crippen LogP contribution in [0.3, 0.4) is 0 Å². The van der Waals surface area contributed by atoms with Crippen LogP contribution in [-0.2, 0) is 13.0 Å². The van der Waals surface area contributed by atoms with Crippen molar-refractivity contribution in [2.24, 2.45) is 0 Å². The highest BCUT2D eigenvalue weighted by Crippen LogP contribution is 2.27. The van der Waals surface area contributed by atoms with Gasteiger partial charge in [0, 0.05) is 16.6 Å². The molecule has 0 unspecified atom stereocenters. The van der Waals surface area contributed by atoms with Crippen molar-refractivity contribution in [3.8, 4) is 11.4 Å². The van der Waals surface area contributed by atoms with Crippen molar-refractivity contribution < 1.29 is 0 Å². The number of hydrogen-bond donors (Lipinski definition) is 0. The number of nitrogens with zero attached hydrogens (tertiary/aromatic N) is 2. The molecule has 4 aromatic rings. The zero-order chi connectivity index (χ0) is 17.2. The number of benzene rings is 3. The summed E-state index contributed by atoms with van der Waals surface area (Å²) in [6.45, 7) is 3.02. The molecule has 3 aromatic carbocycles. The molecule has 2 nitrogen and oxygen atoms in total. The lowest BCUT2D eigenvalue weighted by Gasteiger charge is -2.10. The molecule has 0 spiro atoms. The molecule has 0 saturated heterocycles. The monoisotopic (exact) mass is 390 g/mol. The first-order chi connectivity index (χ1) is 12.2. The van der Waals surface area contributed by atoms with E-state index in [1.165, 1.54) is 16.6 Å². The van der Waals surface area contributed by atoms with Gasteiger partial charge in [0.05, 0.1) is 11.0 Å². The number of aryl methyl sites for hydroxylation is 3. The second kappa shape index (κ2) is 6.85. The van der Waals surface area contributed by atoms with E-state index in [1.807, 2.05) is 0 Å². The van der Waals surface area contributed by atoms with Crippen molar-refractivity contribution in [3.63, 3.8) is 0 Å². The van der Waals surface area contributed by atoms with Crippen LogP contribution in [0.15, 0.2) is 77.3 Å². The van der Waals surface area contributed by atoms with Crippen molar-refractivity contribution in [2.45, 2.75) is 19.9 Å². The summed E-state index contributed by atoms with van der Waals surface area (Å²) in [6.07, 6.45) is 0.990. The van der Waals surface area contributed by atoms with Crippen molar-refractivity contribution in [1.82, 2.24) is 9.55 Å². The molecule has 0 aliphatic carbocycles. The Morgan fingerprint density at radius 1 is 0.920 bits per heavy atom. The molecule has 25 heavy (non-hydrogen) atoms. The molecule has 0 atom stereocenters. The zero-order valence-corrected chi connectivity index (χ0v) is 15.7. The van der Waals surface area contributed by atoms with Crippen LogP contribution < -0.4 is 0 Å². The van der Waals surface area contributed by atoms with E-state index in [9.17, 15) is 0 Å². The van der Waals surface area contributed by atoms with Gasteiger partial charge < -0.3 is 4.57 Å². The number of rotatable bonds is 4. The topological polar surface area (TPSA) is 17.8 Å². The molecule has 0 bridgehead atoms. The van der Waals surface area contributed by atoms with Crippen LogP contribution in [0.2, 0.25) is 0 Å². The smallest absolute Gasteiger partial charge is 0.141 e. The lowest BCUT2D eigenvalue weighted by atomic mass is 10.1. The van der Waals surface area contributed by atoms with Crippen molar-refractivity contribution >= 4 is 27.0 Å². The molecule has 124 valence electrons. The van der Waals surface area contributed by atoms with E-state index in [4.69, 9.17) is 4.98 Å². The van der Waals surface area contributed by atoms with Gasteiger partial charge in [-0.3, -0.25) is 0 Å². The minimum absolute atomic E-state index is 0.912. The summed E-state index contributed by atoms with van der Waals surface area (Å²) in [5, 5.41) is 0. The summed E-state index contributed by atoms with van der Waals surface area (Å²) >= 11 is 3.51. The molecule has 0 aliphatic heterocycles. The lowest BCUT2D eigenvalue weighted by Crippen LogP contribution is -2.03. The Bertz CT molecular complexity index is 1000. The molecule has 4 rings (SSSR count). The Kier molecular flexibility index (Phi) is 4.41. The quantitative estimate of drug-likeness (QED) is 0.416. The lowest BCUT2D eigenvalue weighted by molar-refractivity contribution is 0.723. The normalized spacial score (nSPS) is 11.1. The fourth-order valence-electron chi connectivity index (χ4n) is 3.17. The molecule has 0 radical (unpaired) electrons. The van der Waals surface area contributed by atoms with Crippen LogP contribution in [-0.4, -0.2) is 9.55 Å². The number of aromatic nitrogens is 2. The summed E-state index contributed by atoms with van der Waals surface area (Å²) in [4.78, 5) is 4.93. The maximum Gasteiger partial charge on any atom is 0.141 e. The highest BCUT2D eigenvalue weighted by atomic mass is 79.9. The van der Waals surface area contributed by atoms with Crippen LogP contribution in [0.25, 0.3) is 22.4 Å². The van der Waals surface area contributed by atoms with Crippen LogP contribution in [0.5, 0.6) is 0 Å². The van der Waals surface area contributed by atoms with Crippen molar-refractivity contribution in [2.75, 3.05) is 0 Å².